The number of carbonyl (C=O) groups excluding carboxylic acids is 2. The third kappa shape index (κ3) is 5.45. The molecule has 0 aliphatic carbocycles. The fourth-order valence-corrected chi connectivity index (χ4v) is 2.87. The molecule has 29 heavy (non-hydrogen) atoms. The number of anilines is 1. The van der Waals surface area contributed by atoms with Gasteiger partial charge in [-0.15, -0.1) is 0 Å². The van der Waals surface area contributed by atoms with Gasteiger partial charge < -0.3 is 19.2 Å². The van der Waals surface area contributed by atoms with Gasteiger partial charge in [0.05, 0.1) is 12.9 Å². The maximum Gasteiger partial charge on any atom is 0.413 e. The van der Waals surface area contributed by atoms with Gasteiger partial charge in [0.2, 0.25) is 0 Å². The van der Waals surface area contributed by atoms with Crippen molar-refractivity contribution in [3.05, 3.63) is 54.0 Å². The quantitative estimate of drug-likeness (QED) is 0.819. The molecule has 1 atom stereocenters. The van der Waals surface area contributed by atoms with E-state index in [0.717, 1.165) is 5.56 Å². The van der Waals surface area contributed by atoms with Crippen molar-refractivity contribution in [2.24, 2.45) is 4.99 Å². The zero-order valence-electron chi connectivity index (χ0n) is 16.9. The molecule has 0 spiro atoms. The molecule has 0 fully saturated rings. The summed E-state index contributed by atoms with van der Waals surface area (Å²) in [7, 11) is 0. The minimum Gasteiger partial charge on any atom is -0.459 e. The van der Waals surface area contributed by atoms with Crippen LogP contribution in [0.1, 0.15) is 43.8 Å². The molecule has 154 valence electrons. The minimum atomic E-state index is -0.728. The smallest absolute Gasteiger partial charge is 0.413 e. The number of benzene rings is 1. The van der Waals surface area contributed by atoms with E-state index in [4.69, 9.17) is 13.9 Å². The molecule has 2 amide bonds. The molecule has 0 bridgehead atoms. The maximum atomic E-state index is 12.2. The molecular formula is C21H25N3O5. The monoisotopic (exact) mass is 399 g/mol. The van der Waals surface area contributed by atoms with Gasteiger partial charge in [-0.3, -0.25) is 15.1 Å². The van der Waals surface area contributed by atoms with Crippen LogP contribution in [-0.4, -0.2) is 36.7 Å². The second kappa shape index (κ2) is 8.08. The number of furan rings is 1. The Hall–Kier alpha value is -3.13. The topological polar surface area (TPSA) is 102 Å². The highest BCUT2D eigenvalue weighted by Crippen LogP contribution is 2.30. The van der Waals surface area contributed by atoms with Crippen LogP contribution in [0.15, 0.2) is 52.1 Å². The molecule has 1 unspecified atom stereocenters. The molecule has 8 heteroatoms. The molecule has 1 aliphatic heterocycles. The first-order valence-electron chi connectivity index (χ1n) is 9.26. The van der Waals surface area contributed by atoms with Crippen molar-refractivity contribution in [2.75, 3.05) is 18.5 Å². The van der Waals surface area contributed by atoms with Crippen molar-refractivity contribution < 1.29 is 23.5 Å². The molecule has 1 aromatic heterocycles. The van der Waals surface area contributed by atoms with Crippen molar-refractivity contribution in [3.63, 3.8) is 0 Å². The van der Waals surface area contributed by atoms with Crippen LogP contribution < -0.4 is 10.6 Å². The molecule has 0 saturated heterocycles. The predicted molar refractivity (Wildman–Crippen MR) is 108 cm³/mol. The Morgan fingerprint density at radius 3 is 2.66 bits per heavy atom. The lowest BCUT2D eigenvalue weighted by Crippen LogP contribution is -2.44. The fourth-order valence-electron chi connectivity index (χ4n) is 2.87. The van der Waals surface area contributed by atoms with Gasteiger partial charge in [0.25, 0.3) is 5.91 Å². The van der Waals surface area contributed by atoms with Crippen LogP contribution in [0.2, 0.25) is 0 Å². The van der Waals surface area contributed by atoms with Crippen LogP contribution in [0, 0.1) is 0 Å². The molecule has 1 aromatic carbocycles. The molecular weight excluding hydrogens is 374 g/mol. The van der Waals surface area contributed by atoms with Crippen LogP contribution >= 0.6 is 0 Å². The van der Waals surface area contributed by atoms with Gasteiger partial charge in [0.1, 0.15) is 23.6 Å². The second-order valence-electron chi connectivity index (χ2n) is 7.96. The number of nitrogens with one attached hydrogen (secondary N) is 2. The first kappa shape index (κ1) is 20.6. The van der Waals surface area contributed by atoms with Gasteiger partial charge in [-0.1, -0.05) is 12.1 Å². The number of rotatable bonds is 3. The maximum absolute atomic E-state index is 12.2. The number of nitrogens with zero attached hydrogens (tertiary/aromatic N) is 1. The minimum absolute atomic E-state index is 0.184. The van der Waals surface area contributed by atoms with Crippen LogP contribution in [0.4, 0.5) is 10.5 Å². The average Bonchev–Trinajstić information content (AvgIpc) is 3.15. The lowest BCUT2D eigenvalue weighted by Gasteiger charge is -2.31. The first-order chi connectivity index (χ1) is 13.6. The Bertz CT molecular complexity index is 915. The standard InChI is InChI=1S/C21H25N3O5/c1-20(2,3)29-19(26)23-17-12-27-13-21(4,24-17)14-7-5-8-15(11-14)22-18(25)16-9-6-10-28-16/h5-11H,12-13H2,1-4H3,(H,22,25)(H,23,24,26). The Balaban J connectivity index is 1.76. The Kier molecular flexibility index (Phi) is 5.74. The largest absolute Gasteiger partial charge is 0.459 e. The number of hydrogen-bond acceptors (Lipinski definition) is 6. The van der Waals surface area contributed by atoms with Crippen LogP contribution in [0.25, 0.3) is 0 Å². The van der Waals surface area contributed by atoms with E-state index in [9.17, 15) is 9.59 Å². The summed E-state index contributed by atoms with van der Waals surface area (Å²) in [6, 6.07) is 10.6. The van der Waals surface area contributed by atoms with Crippen molar-refractivity contribution in [1.82, 2.24) is 5.32 Å². The molecule has 0 saturated carbocycles. The highest BCUT2D eigenvalue weighted by Gasteiger charge is 2.32. The Morgan fingerprint density at radius 1 is 1.17 bits per heavy atom. The van der Waals surface area contributed by atoms with E-state index in [1.807, 2.05) is 25.1 Å². The third-order valence-corrected chi connectivity index (χ3v) is 4.14. The van der Waals surface area contributed by atoms with Gasteiger partial charge in [0.15, 0.2) is 5.76 Å². The van der Waals surface area contributed by atoms with E-state index in [0.29, 0.717) is 18.1 Å². The molecule has 1 aliphatic rings. The summed E-state index contributed by atoms with van der Waals surface area (Å²) in [5.41, 5.74) is 0.100. The summed E-state index contributed by atoms with van der Waals surface area (Å²) in [6.07, 6.45) is 0.864. The van der Waals surface area contributed by atoms with Crippen LogP contribution in [0.3, 0.4) is 0 Å². The van der Waals surface area contributed by atoms with E-state index in [-0.39, 0.29) is 18.3 Å². The average molecular weight is 399 g/mol. The predicted octanol–water partition coefficient (Wildman–Crippen LogP) is 3.70. The molecule has 3 rings (SSSR count). The van der Waals surface area contributed by atoms with E-state index in [1.165, 1.54) is 6.26 Å². The highest BCUT2D eigenvalue weighted by molar-refractivity contribution is 6.02. The Morgan fingerprint density at radius 2 is 1.97 bits per heavy atom. The first-order valence-corrected chi connectivity index (χ1v) is 9.26. The van der Waals surface area contributed by atoms with E-state index < -0.39 is 17.2 Å². The molecule has 8 nitrogen and oxygen atoms in total. The lowest BCUT2D eigenvalue weighted by atomic mass is 9.92. The number of amides is 2. The molecule has 2 aromatic rings. The summed E-state index contributed by atoms with van der Waals surface area (Å²) in [4.78, 5) is 28.9. The Labute approximate surface area is 169 Å². The van der Waals surface area contributed by atoms with Crippen LogP contribution in [-0.2, 0) is 15.0 Å². The number of carbonyl (C=O) groups is 2. The zero-order chi connectivity index (χ0) is 21.1. The summed E-state index contributed by atoms with van der Waals surface area (Å²) in [5, 5.41) is 5.45. The highest BCUT2D eigenvalue weighted by atomic mass is 16.6. The summed E-state index contributed by atoms with van der Waals surface area (Å²) < 4.78 is 16.0. The molecule has 2 N–H and O–H groups in total. The van der Waals surface area contributed by atoms with Gasteiger partial charge >= 0.3 is 6.09 Å². The van der Waals surface area contributed by atoms with Gasteiger partial charge in [-0.25, -0.2) is 4.79 Å². The fraction of sp³-hybridized carbons (Fsp3) is 0.381. The third-order valence-electron chi connectivity index (χ3n) is 4.14. The summed E-state index contributed by atoms with van der Waals surface area (Å²) >= 11 is 0. The van der Waals surface area contributed by atoms with Crippen molar-refractivity contribution in [3.8, 4) is 0 Å². The van der Waals surface area contributed by atoms with Crippen molar-refractivity contribution in [1.29, 1.82) is 0 Å². The van der Waals surface area contributed by atoms with E-state index in [2.05, 4.69) is 15.6 Å². The van der Waals surface area contributed by atoms with Crippen molar-refractivity contribution >= 4 is 23.5 Å². The van der Waals surface area contributed by atoms with E-state index >= 15 is 0 Å². The number of hydrogen-bond donors (Lipinski definition) is 2. The second-order valence-corrected chi connectivity index (χ2v) is 7.96. The molecule has 0 radical (unpaired) electrons. The number of alkyl carbamates (subject to hydrolysis) is 1. The summed E-state index contributed by atoms with van der Waals surface area (Å²) in [5.74, 6) is 0.274. The number of amidine groups is 1. The van der Waals surface area contributed by atoms with Gasteiger partial charge in [-0.2, -0.15) is 0 Å². The van der Waals surface area contributed by atoms with Gasteiger partial charge in [0, 0.05) is 5.69 Å². The lowest BCUT2D eigenvalue weighted by molar-refractivity contribution is 0.0543. The molecule has 2 heterocycles. The SMILES string of the molecule is CC(C)(C)OC(=O)NC1=NC(C)(c2cccc(NC(=O)c3ccco3)c2)COC1. The number of aliphatic imine (C=N–C) groups is 1. The normalized spacial score (nSPS) is 19.2. The van der Waals surface area contributed by atoms with Crippen molar-refractivity contribution in [2.45, 2.75) is 38.8 Å². The zero-order valence-corrected chi connectivity index (χ0v) is 16.9. The van der Waals surface area contributed by atoms with Crippen LogP contribution in [0.5, 0.6) is 0 Å². The van der Waals surface area contributed by atoms with E-state index in [1.54, 1.807) is 39.0 Å². The summed E-state index contributed by atoms with van der Waals surface area (Å²) in [6.45, 7) is 7.79. The number of ether oxygens (including phenoxy) is 2. The van der Waals surface area contributed by atoms with Gasteiger partial charge in [-0.05, 0) is 57.5 Å².